The summed E-state index contributed by atoms with van der Waals surface area (Å²) in [5.41, 5.74) is 1.10. The Morgan fingerprint density at radius 1 is 1.13 bits per heavy atom. The van der Waals surface area contributed by atoms with Crippen molar-refractivity contribution in [1.29, 1.82) is 0 Å². The molecule has 1 aromatic rings. The number of hydrogen-bond donors (Lipinski definition) is 2. The predicted octanol–water partition coefficient (Wildman–Crippen LogP) is 2.77. The third-order valence-corrected chi connectivity index (χ3v) is 6.78. The number of aryl methyl sites for hydroxylation is 1. The van der Waals surface area contributed by atoms with Gasteiger partial charge in [0.25, 0.3) is 0 Å². The molecule has 2 aliphatic rings. The van der Waals surface area contributed by atoms with Crippen LogP contribution in [-0.4, -0.2) is 59.1 Å². The number of fused-ring (bicyclic) bond motifs is 1. The van der Waals surface area contributed by atoms with Gasteiger partial charge in [0, 0.05) is 6.04 Å². The highest BCUT2D eigenvalue weighted by molar-refractivity contribution is 5.88. The van der Waals surface area contributed by atoms with Crippen LogP contribution in [0.2, 0.25) is 0 Å². The van der Waals surface area contributed by atoms with Gasteiger partial charge in [0.05, 0.1) is 13.2 Å². The predicted molar refractivity (Wildman–Crippen MR) is 116 cm³/mol. The van der Waals surface area contributed by atoms with Crippen LogP contribution >= 0.6 is 0 Å². The SMILES string of the molecule is COC(=O)[C@H](CCc1ccccc1)NC(C)C(=O)N1C2CCCCC2CC[C@H]1C(=O)O. The number of ether oxygens (including phenoxy) is 1. The number of hydrogen-bond acceptors (Lipinski definition) is 5. The maximum absolute atomic E-state index is 13.4. The molecule has 31 heavy (non-hydrogen) atoms. The molecule has 0 spiro atoms. The number of carboxylic acid groups (broad SMARTS) is 1. The molecule has 1 saturated carbocycles. The zero-order valence-electron chi connectivity index (χ0n) is 18.5. The minimum absolute atomic E-state index is 0.0266. The summed E-state index contributed by atoms with van der Waals surface area (Å²) in [7, 11) is 1.34. The van der Waals surface area contributed by atoms with Crippen molar-refractivity contribution in [2.24, 2.45) is 5.92 Å². The molecule has 1 amide bonds. The Morgan fingerprint density at radius 2 is 1.84 bits per heavy atom. The number of carboxylic acids is 1. The van der Waals surface area contributed by atoms with E-state index >= 15 is 0 Å². The van der Waals surface area contributed by atoms with E-state index in [0.717, 1.165) is 37.7 Å². The first-order chi connectivity index (χ1) is 14.9. The lowest BCUT2D eigenvalue weighted by molar-refractivity contribution is -0.159. The van der Waals surface area contributed by atoms with Crippen molar-refractivity contribution in [1.82, 2.24) is 10.2 Å². The highest BCUT2D eigenvalue weighted by atomic mass is 16.5. The van der Waals surface area contributed by atoms with E-state index < -0.39 is 30.1 Å². The lowest BCUT2D eigenvalue weighted by atomic mass is 9.76. The second-order valence-electron chi connectivity index (χ2n) is 8.78. The van der Waals surface area contributed by atoms with Gasteiger partial charge in [-0.2, -0.15) is 0 Å². The molecule has 7 heteroatoms. The molecule has 1 saturated heterocycles. The van der Waals surface area contributed by atoms with E-state index in [9.17, 15) is 19.5 Å². The minimum Gasteiger partial charge on any atom is -0.480 e. The molecule has 1 aliphatic heterocycles. The van der Waals surface area contributed by atoms with Crippen LogP contribution < -0.4 is 5.32 Å². The van der Waals surface area contributed by atoms with Crippen LogP contribution in [0.5, 0.6) is 0 Å². The van der Waals surface area contributed by atoms with Gasteiger partial charge in [-0.15, -0.1) is 0 Å². The van der Waals surface area contributed by atoms with Gasteiger partial charge in [0.15, 0.2) is 0 Å². The molecule has 3 unspecified atom stereocenters. The lowest BCUT2D eigenvalue weighted by Gasteiger charge is -2.48. The molecular formula is C24H34N2O5. The van der Waals surface area contributed by atoms with Crippen LogP contribution in [-0.2, 0) is 25.5 Å². The first-order valence-corrected chi connectivity index (χ1v) is 11.3. The maximum Gasteiger partial charge on any atom is 0.326 e. The summed E-state index contributed by atoms with van der Waals surface area (Å²) in [6, 6.07) is 7.70. The van der Waals surface area contributed by atoms with Gasteiger partial charge in [-0.3, -0.25) is 14.9 Å². The third kappa shape index (κ3) is 5.64. The minimum atomic E-state index is -0.946. The van der Waals surface area contributed by atoms with Gasteiger partial charge < -0.3 is 14.7 Å². The van der Waals surface area contributed by atoms with Crippen LogP contribution in [0.4, 0.5) is 0 Å². The molecule has 1 heterocycles. The summed E-state index contributed by atoms with van der Waals surface area (Å²) in [5, 5.41) is 12.9. The molecule has 5 atom stereocenters. The Bertz CT molecular complexity index is 768. The number of carbonyl (C=O) groups is 3. The van der Waals surface area contributed by atoms with Gasteiger partial charge in [-0.25, -0.2) is 4.79 Å². The molecule has 2 N–H and O–H groups in total. The average Bonchev–Trinajstić information content (AvgIpc) is 2.80. The molecule has 7 nitrogen and oxygen atoms in total. The quantitative estimate of drug-likeness (QED) is 0.616. The molecule has 1 aromatic carbocycles. The van der Waals surface area contributed by atoms with Gasteiger partial charge in [0.1, 0.15) is 12.1 Å². The van der Waals surface area contributed by atoms with Crippen LogP contribution in [0.15, 0.2) is 30.3 Å². The fourth-order valence-electron chi connectivity index (χ4n) is 5.16. The zero-order valence-corrected chi connectivity index (χ0v) is 18.5. The number of carbonyl (C=O) groups excluding carboxylic acids is 2. The van der Waals surface area contributed by atoms with Crippen molar-refractivity contribution in [2.75, 3.05) is 7.11 Å². The van der Waals surface area contributed by atoms with Crippen LogP contribution in [0.25, 0.3) is 0 Å². The largest absolute Gasteiger partial charge is 0.480 e. The van der Waals surface area contributed by atoms with E-state index in [-0.39, 0.29) is 11.9 Å². The number of nitrogens with zero attached hydrogens (tertiary/aromatic N) is 1. The van der Waals surface area contributed by atoms with Crippen molar-refractivity contribution < 1.29 is 24.2 Å². The van der Waals surface area contributed by atoms with Gasteiger partial charge in [-0.1, -0.05) is 43.2 Å². The van der Waals surface area contributed by atoms with Crippen LogP contribution in [0.3, 0.4) is 0 Å². The summed E-state index contributed by atoms with van der Waals surface area (Å²) in [6.07, 6.45) is 6.55. The number of esters is 1. The Morgan fingerprint density at radius 3 is 2.52 bits per heavy atom. The second-order valence-corrected chi connectivity index (χ2v) is 8.78. The summed E-state index contributed by atoms with van der Waals surface area (Å²) >= 11 is 0. The second kappa shape index (κ2) is 10.8. The molecule has 0 bridgehead atoms. The van der Waals surface area contributed by atoms with Crippen molar-refractivity contribution in [2.45, 2.75) is 82.5 Å². The Balaban J connectivity index is 1.71. The van der Waals surface area contributed by atoms with Crippen LogP contribution in [0.1, 0.15) is 57.4 Å². The molecule has 2 fully saturated rings. The summed E-state index contributed by atoms with van der Waals surface area (Å²) in [4.78, 5) is 39.3. The highest BCUT2D eigenvalue weighted by Gasteiger charge is 2.45. The standard InChI is InChI=1S/C24H34N2O5/c1-16(25-19(24(30)31-2)14-12-17-8-4-3-5-9-17)22(27)26-20-11-7-6-10-18(20)13-15-21(26)23(28)29/h3-5,8-9,16,18-21,25H,6-7,10-15H2,1-2H3,(H,28,29)/t16?,18?,19-,20?,21-/m0/s1. The highest BCUT2D eigenvalue weighted by Crippen LogP contribution is 2.38. The normalized spacial score (nSPS) is 25.2. The van der Waals surface area contributed by atoms with E-state index in [1.807, 2.05) is 30.3 Å². The molecule has 1 aliphatic carbocycles. The van der Waals surface area contributed by atoms with Crippen molar-refractivity contribution in [3.63, 3.8) is 0 Å². The number of aliphatic carboxylic acids is 1. The number of rotatable bonds is 8. The first-order valence-electron chi connectivity index (χ1n) is 11.3. The van der Waals surface area contributed by atoms with Gasteiger partial charge in [-0.05, 0) is 56.9 Å². The summed E-state index contributed by atoms with van der Waals surface area (Å²) < 4.78 is 4.95. The Labute approximate surface area is 184 Å². The smallest absolute Gasteiger partial charge is 0.326 e. The van der Waals surface area contributed by atoms with E-state index in [1.165, 1.54) is 7.11 Å². The van der Waals surface area contributed by atoms with Gasteiger partial charge >= 0.3 is 11.9 Å². The number of nitrogens with one attached hydrogen (secondary N) is 1. The molecule has 3 rings (SSSR count). The molecular weight excluding hydrogens is 396 g/mol. The van der Waals surface area contributed by atoms with Crippen molar-refractivity contribution in [3.05, 3.63) is 35.9 Å². The third-order valence-electron chi connectivity index (χ3n) is 6.78. The lowest BCUT2D eigenvalue weighted by Crippen LogP contribution is -2.62. The average molecular weight is 431 g/mol. The molecule has 0 aromatic heterocycles. The summed E-state index contributed by atoms with van der Waals surface area (Å²) in [6.45, 7) is 1.71. The zero-order chi connectivity index (χ0) is 22.4. The molecule has 170 valence electrons. The first kappa shape index (κ1) is 23.3. The Hall–Kier alpha value is -2.41. The number of methoxy groups -OCH3 is 1. The van der Waals surface area contributed by atoms with Crippen LogP contribution in [0, 0.1) is 5.92 Å². The van der Waals surface area contributed by atoms with Crippen molar-refractivity contribution >= 4 is 17.8 Å². The molecule has 0 radical (unpaired) electrons. The van der Waals surface area contributed by atoms with E-state index in [0.29, 0.717) is 25.2 Å². The topological polar surface area (TPSA) is 95.9 Å². The number of piperidine rings is 1. The van der Waals surface area contributed by atoms with Crippen molar-refractivity contribution in [3.8, 4) is 0 Å². The Kier molecular flexibility index (Phi) is 8.07. The van der Waals surface area contributed by atoms with Gasteiger partial charge in [0.2, 0.25) is 5.91 Å². The number of amides is 1. The van der Waals surface area contributed by atoms with E-state index in [2.05, 4.69) is 5.32 Å². The number of benzene rings is 1. The fourth-order valence-corrected chi connectivity index (χ4v) is 5.16. The summed E-state index contributed by atoms with van der Waals surface area (Å²) in [5.74, 6) is -1.23. The van der Waals surface area contributed by atoms with E-state index in [4.69, 9.17) is 4.74 Å². The number of likely N-dealkylation sites (tertiary alicyclic amines) is 1. The monoisotopic (exact) mass is 430 g/mol. The maximum atomic E-state index is 13.4. The van der Waals surface area contributed by atoms with E-state index in [1.54, 1.807) is 11.8 Å². The fraction of sp³-hybridized carbons (Fsp3) is 0.625.